The van der Waals surface area contributed by atoms with Gasteiger partial charge in [0.25, 0.3) is 0 Å². The van der Waals surface area contributed by atoms with Gasteiger partial charge in [-0.1, -0.05) is 18.2 Å². The second-order valence-electron chi connectivity index (χ2n) is 4.96. The molecule has 2 aromatic rings. The molecule has 0 radical (unpaired) electrons. The van der Waals surface area contributed by atoms with Crippen molar-refractivity contribution < 1.29 is 24.5 Å². The molecule has 0 amide bonds. The number of para-hydroxylation sites is 1. The van der Waals surface area contributed by atoms with E-state index in [4.69, 9.17) is 14.9 Å². The van der Waals surface area contributed by atoms with E-state index in [1.807, 2.05) is 42.3 Å². The van der Waals surface area contributed by atoms with Crippen molar-refractivity contribution in [2.45, 2.75) is 0 Å². The molecular formula is C17H17NO5. The van der Waals surface area contributed by atoms with E-state index in [0.29, 0.717) is 13.2 Å². The second kappa shape index (κ2) is 7.31. The molecule has 0 spiro atoms. The zero-order chi connectivity index (χ0) is 16.8. The van der Waals surface area contributed by atoms with Crippen LogP contribution in [0.25, 0.3) is 0 Å². The normalized spacial score (nSPS) is 10.1. The van der Waals surface area contributed by atoms with Gasteiger partial charge in [0.2, 0.25) is 0 Å². The summed E-state index contributed by atoms with van der Waals surface area (Å²) < 4.78 is 5.51. The Morgan fingerprint density at radius 1 is 1.00 bits per heavy atom. The Morgan fingerprint density at radius 2 is 1.57 bits per heavy atom. The van der Waals surface area contributed by atoms with Gasteiger partial charge in [0.05, 0.1) is 17.7 Å². The number of carboxylic acid groups (broad SMARTS) is 2. The summed E-state index contributed by atoms with van der Waals surface area (Å²) in [5.41, 5.74) is 0.800. The van der Waals surface area contributed by atoms with Crippen molar-refractivity contribution in [1.82, 2.24) is 0 Å². The van der Waals surface area contributed by atoms with Gasteiger partial charge in [0.1, 0.15) is 12.4 Å². The molecule has 23 heavy (non-hydrogen) atoms. The molecule has 0 atom stereocenters. The molecule has 0 saturated heterocycles. The van der Waals surface area contributed by atoms with Crippen molar-refractivity contribution in [3.05, 3.63) is 59.7 Å². The lowest BCUT2D eigenvalue weighted by molar-refractivity contribution is 0.0696. The highest BCUT2D eigenvalue weighted by molar-refractivity contribution is 5.94. The van der Waals surface area contributed by atoms with Crippen molar-refractivity contribution in [1.29, 1.82) is 0 Å². The Morgan fingerprint density at radius 3 is 2.09 bits per heavy atom. The molecule has 120 valence electrons. The van der Waals surface area contributed by atoms with E-state index in [2.05, 4.69) is 0 Å². The lowest BCUT2D eigenvalue weighted by Gasteiger charge is -2.19. The fourth-order valence-corrected chi connectivity index (χ4v) is 2.04. The van der Waals surface area contributed by atoms with Crippen LogP contribution in [0, 0.1) is 0 Å². The zero-order valence-corrected chi connectivity index (χ0v) is 12.6. The van der Waals surface area contributed by atoms with Gasteiger partial charge in [-0.3, -0.25) is 0 Å². The van der Waals surface area contributed by atoms with Gasteiger partial charge in [0.15, 0.2) is 0 Å². The number of hydrogen-bond donors (Lipinski definition) is 2. The highest BCUT2D eigenvalue weighted by atomic mass is 16.5. The molecule has 0 bridgehead atoms. The van der Waals surface area contributed by atoms with Crippen LogP contribution in [-0.2, 0) is 0 Å². The first-order valence-corrected chi connectivity index (χ1v) is 6.98. The van der Waals surface area contributed by atoms with Crippen LogP contribution in [0.3, 0.4) is 0 Å². The molecule has 0 unspecified atom stereocenters. The number of ether oxygens (including phenoxy) is 1. The van der Waals surface area contributed by atoms with Crippen LogP contribution in [-0.4, -0.2) is 42.4 Å². The smallest absolute Gasteiger partial charge is 0.335 e. The first-order chi connectivity index (χ1) is 11.0. The van der Waals surface area contributed by atoms with E-state index in [1.54, 1.807) is 0 Å². The lowest BCUT2D eigenvalue weighted by atomic mass is 10.1. The maximum absolute atomic E-state index is 11.0. The van der Waals surface area contributed by atoms with E-state index in [0.717, 1.165) is 11.8 Å². The number of aromatic carboxylic acids is 2. The molecule has 2 aromatic carbocycles. The quantitative estimate of drug-likeness (QED) is 0.816. The predicted octanol–water partition coefficient (Wildman–Crippen LogP) is 2.60. The Labute approximate surface area is 133 Å². The summed E-state index contributed by atoms with van der Waals surface area (Å²) in [6.07, 6.45) is 0. The van der Waals surface area contributed by atoms with Gasteiger partial charge < -0.3 is 19.8 Å². The summed E-state index contributed by atoms with van der Waals surface area (Å²) in [4.78, 5) is 24.1. The summed E-state index contributed by atoms with van der Waals surface area (Å²) in [6.45, 7) is 0.872. The molecule has 0 saturated carbocycles. The molecule has 6 heteroatoms. The van der Waals surface area contributed by atoms with Gasteiger partial charge in [-0.25, -0.2) is 9.59 Å². The van der Waals surface area contributed by atoms with E-state index in [-0.39, 0.29) is 16.9 Å². The number of hydrogen-bond acceptors (Lipinski definition) is 4. The van der Waals surface area contributed by atoms with Crippen molar-refractivity contribution >= 4 is 17.6 Å². The van der Waals surface area contributed by atoms with Crippen molar-refractivity contribution in [2.24, 2.45) is 0 Å². The fourth-order valence-electron chi connectivity index (χ4n) is 2.04. The monoisotopic (exact) mass is 315 g/mol. The molecule has 0 fully saturated rings. The highest BCUT2D eigenvalue weighted by Crippen LogP contribution is 2.18. The number of anilines is 1. The number of rotatable bonds is 7. The van der Waals surface area contributed by atoms with Crippen molar-refractivity contribution in [3.63, 3.8) is 0 Å². The van der Waals surface area contributed by atoms with E-state index in [9.17, 15) is 9.59 Å². The molecule has 0 aliphatic carbocycles. The average Bonchev–Trinajstić information content (AvgIpc) is 2.55. The molecule has 0 aromatic heterocycles. The molecule has 0 aliphatic heterocycles. The topological polar surface area (TPSA) is 87.1 Å². The van der Waals surface area contributed by atoms with Crippen LogP contribution in [0.5, 0.6) is 5.75 Å². The molecule has 2 rings (SSSR count). The van der Waals surface area contributed by atoms with Gasteiger partial charge in [0, 0.05) is 12.7 Å². The number of benzene rings is 2. The standard InChI is InChI=1S/C17H17NO5/c1-18(14-5-3-2-4-6-14)7-8-23-15-10-12(16(19)20)9-13(11-15)17(21)22/h2-6,9-11H,7-8H2,1H3,(H,19,20)(H,21,22). The van der Waals surface area contributed by atoms with Crippen LogP contribution in [0.4, 0.5) is 5.69 Å². The molecular weight excluding hydrogens is 298 g/mol. The highest BCUT2D eigenvalue weighted by Gasteiger charge is 2.12. The summed E-state index contributed by atoms with van der Waals surface area (Å²) in [6, 6.07) is 13.5. The van der Waals surface area contributed by atoms with Gasteiger partial charge >= 0.3 is 11.9 Å². The molecule has 0 aliphatic rings. The third kappa shape index (κ3) is 4.47. The third-order valence-corrected chi connectivity index (χ3v) is 3.29. The Bertz CT molecular complexity index is 667. The second-order valence-corrected chi connectivity index (χ2v) is 4.96. The minimum absolute atomic E-state index is 0.115. The minimum atomic E-state index is -1.20. The summed E-state index contributed by atoms with van der Waals surface area (Å²) >= 11 is 0. The molecule has 6 nitrogen and oxygen atoms in total. The zero-order valence-electron chi connectivity index (χ0n) is 12.6. The number of likely N-dealkylation sites (N-methyl/N-ethyl adjacent to an activating group) is 1. The molecule has 0 heterocycles. The summed E-state index contributed by atoms with van der Waals surface area (Å²) in [5.74, 6) is -2.16. The van der Waals surface area contributed by atoms with Crippen LogP contribution in [0.1, 0.15) is 20.7 Å². The largest absolute Gasteiger partial charge is 0.492 e. The average molecular weight is 315 g/mol. The third-order valence-electron chi connectivity index (χ3n) is 3.29. The van der Waals surface area contributed by atoms with E-state index in [1.165, 1.54) is 12.1 Å². The maximum atomic E-state index is 11.0. The Balaban J connectivity index is 2.02. The SMILES string of the molecule is CN(CCOc1cc(C(=O)O)cc(C(=O)O)c1)c1ccccc1. The first kappa shape index (κ1) is 16.4. The Hall–Kier alpha value is -3.02. The van der Waals surface area contributed by atoms with Crippen LogP contribution in [0.15, 0.2) is 48.5 Å². The number of nitrogens with zero attached hydrogens (tertiary/aromatic N) is 1. The van der Waals surface area contributed by atoms with Crippen LogP contribution in [0.2, 0.25) is 0 Å². The molecule has 2 N–H and O–H groups in total. The van der Waals surface area contributed by atoms with E-state index < -0.39 is 11.9 Å². The Kier molecular flexibility index (Phi) is 5.19. The van der Waals surface area contributed by atoms with Gasteiger partial charge in [-0.05, 0) is 30.3 Å². The van der Waals surface area contributed by atoms with Crippen molar-refractivity contribution in [3.8, 4) is 5.75 Å². The van der Waals surface area contributed by atoms with E-state index >= 15 is 0 Å². The van der Waals surface area contributed by atoms with Crippen LogP contribution < -0.4 is 9.64 Å². The maximum Gasteiger partial charge on any atom is 0.335 e. The van der Waals surface area contributed by atoms with Crippen LogP contribution >= 0.6 is 0 Å². The lowest BCUT2D eigenvalue weighted by Crippen LogP contribution is -2.23. The number of carbonyl (C=O) groups is 2. The van der Waals surface area contributed by atoms with Gasteiger partial charge in [-0.15, -0.1) is 0 Å². The first-order valence-electron chi connectivity index (χ1n) is 6.98. The van der Waals surface area contributed by atoms with Gasteiger partial charge in [-0.2, -0.15) is 0 Å². The number of carboxylic acids is 2. The predicted molar refractivity (Wildman–Crippen MR) is 85.6 cm³/mol. The minimum Gasteiger partial charge on any atom is -0.492 e. The summed E-state index contributed by atoms with van der Waals surface area (Å²) in [5, 5.41) is 18.0. The van der Waals surface area contributed by atoms with Crippen molar-refractivity contribution in [2.75, 3.05) is 25.1 Å². The fraction of sp³-hybridized carbons (Fsp3) is 0.176. The summed E-state index contributed by atoms with van der Waals surface area (Å²) in [7, 11) is 1.91.